The summed E-state index contributed by atoms with van der Waals surface area (Å²) in [6.45, 7) is -0.143. The van der Waals surface area contributed by atoms with Crippen molar-refractivity contribution in [1.29, 1.82) is 0 Å². The molecule has 8 heteroatoms. The molecule has 0 saturated carbocycles. The fraction of sp³-hybridized carbons (Fsp3) is 0.200. The van der Waals surface area contributed by atoms with Gasteiger partial charge < -0.3 is 14.2 Å². The molecular weight excluding hydrogens is 304 g/mol. The van der Waals surface area contributed by atoms with Gasteiger partial charge in [0.15, 0.2) is 0 Å². The molecule has 0 aliphatic rings. The van der Waals surface area contributed by atoms with Crippen LogP contribution in [-0.4, -0.2) is 19.1 Å². The molecule has 0 aromatic heterocycles. The van der Waals surface area contributed by atoms with Gasteiger partial charge in [-0.3, -0.25) is 10.1 Å². The SMILES string of the molecule is COc1cc(OC)c(CN=O)c(Oc2ccc([N+](=O)[O-])cc2)c1. The number of nitro groups is 1. The highest BCUT2D eigenvalue weighted by molar-refractivity contribution is 5.52. The number of ether oxygens (including phenoxy) is 3. The van der Waals surface area contributed by atoms with Crippen LogP contribution in [0, 0.1) is 15.0 Å². The minimum absolute atomic E-state index is 0.0460. The van der Waals surface area contributed by atoms with E-state index in [2.05, 4.69) is 5.18 Å². The van der Waals surface area contributed by atoms with Crippen molar-refractivity contribution in [2.75, 3.05) is 14.2 Å². The zero-order valence-electron chi connectivity index (χ0n) is 12.5. The third-order valence-corrected chi connectivity index (χ3v) is 3.10. The van der Waals surface area contributed by atoms with Crippen LogP contribution in [0.4, 0.5) is 5.69 Å². The van der Waals surface area contributed by atoms with Gasteiger partial charge in [0.1, 0.15) is 29.5 Å². The standard InChI is InChI=1S/C15H14N2O6/c1-21-12-7-14(22-2)13(9-16-18)15(8-12)23-11-5-3-10(4-6-11)17(19)20/h3-8H,9H2,1-2H3. The number of nitroso groups, excluding NO2 is 1. The normalized spacial score (nSPS) is 10.0. The van der Waals surface area contributed by atoms with Crippen molar-refractivity contribution >= 4 is 5.69 Å². The largest absolute Gasteiger partial charge is 0.496 e. The maximum absolute atomic E-state index is 10.7. The maximum atomic E-state index is 10.7. The summed E-state index contributed by atoms with van der Waals surface area (Å²) in [4.78, 5) is 20.8. The van der Waals surface area contributed by atoms with Gasteiger partial charge in [-0.15, -0.1) is 0 Å². The lowest BCUT2D eigenvalue weighted by molar-refractivity contribution is -0.384. The van der Waals surface area contributed by atoms with E-state index < -0.39 is 4.92 Å². The first kappa shape index (κ1) is 16.2. The first-order valence-electron chi connectivity index (χ1n) is 6.55. The Hall–Kier alpha value is -3.16. The molecule has 0 spiro atoms. The summed E-state index contributed by atoms with van der Waals surface area (Å²) < 4.78 is 16.1. The number of rotatable bonds is 7. The Kier molecular flexibility index (Phi) is 5.08. The Balaban J connectivity index is 2.40. The molecule has 0 saturated heterocycles. The molecule has 0 bridgehead atoms. The number of methoxy groups -OCH3 is 2. The molecule has 120 valence electrons. The minimum atomic E-state index is -0.500. The fourth-order valence-corrected chi connectivity index (χ4v) is 1.97. The van der Waals surface area contributed by atoms with Crippen molar-refractivity contribution in [1.82, 2.24) is 0 Å². The molecule has 0 radical (unpaired) electrons. The number of nitrogens with zero attached hydrogens (tertiary/aromatic N) is 2. The lowest BCUT2D eigenvalue weighted by atomic mass is 10.1. The summed E-state index contributed by atoms with van der Waals surface area (Å²) in [7, 11) is 2.95. The van der Waals surface area contributed by atoms with Crippen molar-refractivity contribution in [2.45, 2.75) is 6.54 Å². The molecule has 0 heterocycles. The topological polar surface area (TPSA) is 100 Å². The zero-order chi connectivity index (χ0) is 16.8. The molecule has 0 fully saturated rings. The summed E-state index contributed by atoms with van der Waals surface area (Å²) in [5.41, 5.74) is 0.414. The first-order valence-corrected chi connectivity index (χ1v) is 6.55. The number of hydrogen-bond donors (Lipinski definition) is 0. The number of non-ortho nitro benzene ring substituents is 1. The van der Waals surface area contributed by atoms with E-state index in [1.807, 2.05) is 0 Å². The summed E-state index contributed by atoms with van der Waals surface area (Å²) in [5, 5.41) is 13.5. The van der Waals surface area contributed by atoms with Crippen molar-refractivity contribution < 1.29 is 19.1 Å². The highest BCUT2D eigenvalue weighted by Crippen LogP contribution is 2.37. The molecule has 2 aromatic carbocycles. The third-order valence-electron chi connectivity index (χ3n) is 3.10. The number of hydrogen-bond acceptors (Lipinski definition) is 7. The van der Waals surface area contributed by atoms with Gasteiger partial charge >= 0.3 is 0 Å². The predicted octanol–water partition coefficient (Wildman–Crippen LogP) is 3.67. The van der Waals surface area contributed by atoms with E-state index in [1.165, 1.54) is 38.5 Å². The van der Waals surface area contributed by atoms with E-state index in [0.29, 0.717) is 28.6 Å². The fourth-order valence-electron chi connectivity index (χ4n) is 1.97. The van der Waals surface area contributed by atoms with Gasteiger partial charge in [0.25, 0.3) is 5.69 Å². The highest BCUT2D eigenvalue weighted by Gasteiger charge is 2.15. The lowest BCUT2D eigenvalue weighted by Gasteiger charge is -2.14. The van der Waals surface area contributed by atoms with Crippen LogP contribution in [0.25, 0.3) is 0 Å². The minimum Gasteiger partial charge on any atom is -0.496 e. The predicted molar refractivity (Wildman–Crippen MR) is 82.2 cm³/mol. The molecule has 0 aliphatic carbocycles. The number of nitro benzene ring substituents is 1. The third kappa shape index (κ3) is 3.73. The van der Waals surface area contributed by atoms with Crippen LogP contribution in [-0.2, 0) is 6.54 Å². The van der Waals surface area contributed by atoms with Crippen LogP contribution in [0.2, 0.25) is 0 Å². The quantitative estimate of drug-likeness (QED) is 0.438. The second-order valence-corrected chi connectivity index (χ2v) is 4.45. The zero-order valence-corrected chi connectivity index (χ0v) is 12.5. The van der Waals surface area contributed by atoms with Gasteiger partial charge in [-0.1, -0.05) is 5.18 Å². The van der Waals surface area contributed by atoms with Gasteiger partial charge in [-0.25, -0.2) is 0 Å². The second-order valence-electron chi connectivity index (χ2n) is 4.45. The van der Waals surface area contributed by atoms with E-state index in [0.717, 1.165) is 0 Å². The molecule has 0 N–H and O–H groups in total. The van der Waals surface area contributed by atoms with Crippen LogP contribution in [0.1, 0.15) is 5.56 Å². The summed E-state index contributed by atoms with van der Waals surface area (Å²) in [5.74, 6) is 1.59. The van der Waals surface area contributed by atoms with Gasteiger partial charge in [0.2, 0.25) is 0 Å². The van der Waals surface area contributed by atoms with Crippen molar-refractivity contribution in [3.8, 4) is 23.0 Å². The summed E-state index contributed by atoms with van der Waals surface area (Å²) >= 11 is 0. The van der Waals surface area contributed by atoms with Gasteiger partial charge in [-0.2, -0.15) is 4.91 Å². The molecule has 23 heavy (non-hydrogen) atoms. The summed E-state index contributed by atoms with van der Waals surface area (Å²) in [6.07, 6.45) is 0. The molecule has 2 rings (SSSR count). The number of benzene rings is 2. The van der Waals surface area contributed by atoms with Crippen LogP contribution in [0.5, 0.6) is 23.0 Å². The summed E-state index contributed by atoms with van der Waals surface area (Å²) in [6, 6.07) is 8.77. The van der Waals surface area contributed by atoms with Gasteiger partial charge in [-0.05, 0) is 12.1 Å². The van der Waals surface area contributed by atoms with Crippen molar-refractivity contribution in [3.63, 3.8) is 0 Å². The van der Waals surface area contributed by atoms with E-state index in [1.54, 1.807) is 12.1 Å². The lowest BCUT2D eigenvalue weighted by Crippen LogP contribution is -1.97. The Labute approximate surface area is 131 Å². The van der Waals surface area contributed by atoms with E-state index in [9.17, 15) is 15.0 Å². The van der Waals surface area contributed by atoms with E-state index in [-0.39, 0.29) is 12.2 Å². The molecular formula is C15H14N2O6. The highest BCUT2D eigenvalue weighted by atomic mass is 16.6. The molecule has 0 unspecified atom stereocenters. The van der Waals surface area contributed by atoms with E-state index in [4.69, 9.17) is 14.2 Å². The van der Waals surface area contributed by atoms with Crippen molar-refractivity contribution in [3.05, 3.63) is 57.0 Å². The average molecular weight is 318 g/mol. The Bertz CT molecular complexity index is 715. The van der Waals surface area contributed by atoms with Crippen LogP contribution in [0.3, 0.4) is 0 Å². The Morgan fingerprint density at radius 2 is 1.70 bits per heavy atom. The molecule has 0 atom stereocenters. The molecule has 0 amide bonds. The monoisotopic (exact) mass is 318 g/mol. The smallest absolute Gasteiger partial charge is 0.269 e. The van der Waals surface area contributed by atoms with Crippen LogP contribution in [0.15, 0.2) is 41.6 Å². The van der Waals surface area contributed by atoms with E-state index >= 15 is 0 Å². The van der Waals surface area contributed by atoms with Gasteiger partial charge in [0.05, 0.1) is 24.7 Å². The Morgan fingerprint density at radius 1 is 1.04 bits per heavy atom. The Morgan fingerprint density at radius 3 is 2.22 bits per heavy atom. The van der Waals surface area contributed by atoms with Gasteiger partial charge in [0, 0.05) is 24.3 Å². The molecule has 0 aliphatic heterocycles. The molecule has 8 nitrogen and oxygen atoms in total. The van der Waals surface area contributed by atoms with Crippen LogP contribution < -0.4 is 14.2 Å². The van der Waals surface area contributed by atoms with Crippen LogP contribution >= 0.6 is 0 Å². The van der Waals surface area contributed by atoms with Crippen molar-refractivity contribution in [2.24, 2.45) is 5.18 Å². The average Bonchev–Trinajstić information content (AvgIpc) is 2.56. The second kappa shape index (κ2) is 7.21. The molecule has 2 aromatic rings. The maximum Gasteiger partial charge on any atom is 0.269 e. The first-order chi connectivity index (χ1) is 11.1.